The number of amides is 1. The van der Waals surface area contributed by atoms with Gasteiger partial charge in [-0.1, -0.05) is 0 Å². The smallest absolute Gasteiger partial charge is 0.407 e. The molecule has 1 aromatic rings. The van der Waals surface area contributed by atoms with Crippen LogP contribution in [0, 0.1) is 5.92 Å². The Morgan fingerprint density at radius 1 is 1.36 bits per heavy atom. The summed E-state index contributed by atoms with van der Waals surface area (Å²) in [5.41, 5.74) is 1.34. The van der Waals surface area contributed by atoms with Crippen molar-refractivity contribution in [3.05, 3.63) is 29.8 Å². The minimum Gasteiger partial charge on any atom is -0.444 e. The third-order valence-electron chi connectivity index (χ3n) is 3.61. The second-order valence-corrected chi connectivity index (χ2v) is 6.69. The Morgan fingerprint density at radius 3 is 2.64 bits per heavy atom. The van der Waals surface area contributed by atoms with Gasteiger partial charge in [-0.05, 0) is 57.4 Å². The van der Waals surface area contributed by atoms with Gasteiger partial charge in [0.15, 0.2) is 0 Å². The van der Waals surface area contributed by atoms with E-state index in [-0.39, 0.29) is 6.09 Å². The van der Waals surface area contributed by atoms with E-state index in [1.165, 1.54) is 0 Å². The number of hydrogen-bond donors (Lipinski definition) is 1. The largest absolute Gasteiger partial charge is 0.444 e. The van der Waals surface area contributed by atoms with Gasteiger partial charge in [0.05, 0.1) is 0 Å². The van der Waals surface area contributed by atoms with Crippen molar-refractivity contribution in [3.63, 3.8) is 0 Å². The first-order valence-electron chi connectivity index (χ1n) is 7.64. The van der Waals surface area contributed by atoms with E-state index in [1.54, 1.807) is 0 Å². The Kier molecular flexibility index (Phi) is 5.06. The van der Waals surface area contributed by atoms with Gasteiger partial charge in [-0.2, -0.15) is 0 Å². The zero-order valence-corrected chi connectivity index (χ0v) is 13.5. The summed E-state index contributed by atoms with van der Waals surface area (Å²) in [6, 6.07) is 7.59. The number of aldehydes is 1. The fourth-order valence-corrected chi connectivity index (χ4v) is 2.54. The molecule has 2 rings (SSSR count). The van der Waals surface area contributed by atoms with Crippen LogP contribution in [-0.4, -0.2) is 37.6 Å². The summed E-state index contributed by atoms with van der Waals surface area (Å²) in [5, 5.41) is 2.84. The van der Waals surface area contributed by atoms with Crippen molar-refractivity contribution >= 4 is 18.1 Å². The number of rotatable bonds is 4. The zero-order chi connectivity index (χ0) is 16.2. The lowest BCUT2D eigenvalue weighted by Crippen LogP contribution is -2.36. The molecular formula is C17H24N2O3. The van der Waals surface area contributed by atoms with Crippen LogP contribution in [0.15, 0.2) is 24.3 Å². The van der Waals surface area contributed by atoms with Crippen molar-refractivity contribution in [1.82, 2.24) is 5.32 Å². The van der Waals surface area contributed by atoms with Gasteiger partial charge in [0, 0.05) is 30.9 Å². The molecule has 1 fully saturated rings. The molecule has 1 unspecified atom stereocenters. The highest BCUT2D eigenvalue weighted by atomic mass is 16.6. The maximum atomic E-state index is 11.7. The second-order valence-electron chi connectivity index (χ2n) is 6.69. The molecule has 1 heterocycles. The maximum absolute atomic E-state index is 11.7. The molecular weight excluding hydrogens is 280 g/mol. The summed E-state index contributed by atoms with van der Waals surface area (Å²) >= 11 is 0. The number of nitrogens with zero attached hydrogens (tertiary/aromatic N) is 1. The summed E-state index contributed by atoms with van der Waals surface area (Å²) in [6.45, 7) is 8.04. The van der Waals surface area contributed by atoms with Gasteiger partial charge in [-0.15, -0.1) is 0 Å². The van der Waals surface area contributed by atoms with Gasteiger partial charge in [-0.25, -0.2) is 4.79 Å². The van der Waals surface area contributed by atoms with Crippen LogP contribution in [0.25, 0.3) is 0 Å². The van der Waals surface area contributed by atoms with Crippen molar-refractivity contribution in [3.8, 4) is 0 Å². The number of carbonyl (C=O) groups excluding carboxylic acids is 2. The monoisotopic (exact) mass is 304 g/mol. The summed E-state index contributed by atoms with van der Waals surface area (Å²) < 4.78 is 5.24. The van der Waals surface area contributed by atoms with Crippen LogP contribution in [0.4, 0.5) is 10.5 Å². The van der Waals surface area contributed by atoms with Crippen LogP contribution < -0.4 is 10.2 Å². The normalized spacial score (nSPS) is 18.1. The fourth-order valence-electron chi connectivity index (χ4n) is 2.54. The van der Waals surface area contributed by atoms with E-state index in [0.29, 0.717) is 18.0 Å². The Hall–Kier alpha value is -2.04. The molecule has 1 aliphatic rings. The van der Waals surface area contributed by atoms with Crippen molar-refractivity contribution in [2.75, 3.05) is 24.5 Å². The van der Waals surface area contributed by atoms with E-state index in [1.807, 2.05) is 45.0 Å². The highest BCUT2D eigenvalue weighted by molar-refractivity contribution is 5.75. The predicted molar refractivity (Wildman–Crippen MR) is 86.4 cm³/mol. The number of anilines is 1. The first-order valence-corrected chi connectivity index (χ1v) is 7.64. The molecule has 1 amide bonds. The number of ether oxygens (including phenoxy) is 1. The maximum Gasteiger partial charge on any atom is 0.407 e. The second kappa shape index (κ2) is 6.81. The van der Waals surface area contributed by atoms with Crippen molar-refractivity contribution in [2.24, 2.45) is 5.92 Å². The summed E-state index contributed by atoms with van der Waals surface area (Å²) in [4.78, 5) is 24.6. The molecule has 1 aliphatic heterocycles. The number of nitrogens with one attached hydrogen (secondary N) is 1. The molecule has 5 nitrogen and oxygen atoms in total. The van der Waals surface area contributed by atoms with Crippen molar-refractivity contribution in [1.29, 1.82) is 0 Å². The number of benzene rings is 1. The average Bonchev–Trinajstić information content (AvgIpc) is 2.92. The van der Waals surface area contributed by atoms with E-state index in [2.05, 4.69) is 10.2 Å². The summed E-state index contributed by atoms with van der Waals surface area (Å²) in [5.74, 6) is 0.415. The Morgan fingerprint density at radius 2 is 2.05 bits per heavy atom. The third kappa shape index (κ3) is 4.76. The molecule has 0 radical (unpaired) electrons. The van der Waals surface area contributed by atoms with Crippen LogP contribution >= 0.6 is 0 Å². The van der Waals surface area contributed by atoms with Crippen LogP contribution in [0.5, 0.6) is 0 Å². The molecule has 0 aliphatic carbocycles. The minimum atomic E-state index is -0.466. The Bertz CT molecular complexity index is 520. The van der Waals surface area contributed by atoms with Crippen LogP contribution in [0.3, 0.4) is 0 Å². The van der Waals surface area contributed by atoms with Gasteiger partial charge >= 0.3 is 6.09 Å². The number of hydrogen-bond acceptors (Lipinski definition) is 4. The SMILES string of the molecule is CC(C)(C)OC(=O)NCC1CCN(c2ccc(C=O)cc2)C1. The lowest BCUT2D eigenvalue weighted by atomic mass is 10.1. The first-order chi connectivity index (χ1) is 10.4. The van der Waals surface area contributed by atoms with Gasteiger partial charge < -0.3 is 15.0 Å². The van der Waals surface area contributed by atoms with E-state index in [0.717, 1.165) is 31.5 Å². The number of carbonyl (C=O) groups is 2. The molecule has 1 atom stereocenters. The molecule has 0 spiro atoms. The summed E-state index contributed by atoms with van der Waals surface area (Å²) in [6.07, 6.45) is 1.52. The molecule has 22 heavy (non-hydrogen) atoms. The van der Waals surface area contributed by atoms with Gasteiger partial charge in [0.1, 0.15) is 11.9 Å². The lowest BCUT2D eigenvalue weighted by Gasteiger charge is -2.21. The molecule has 1 N–H and O–H groups in total. The van der Waals surface area contributed by atoms with Crippen LogP contribution in [0.2, 0.25) is 0 Å². The Balaban J connectivity index is 1.80. The lowest BCUT2D eigenvalue weighted by molar-refractivity contribution is 0.0520. The molecule has 0 saturated carbocycles. The molecule has 1 saturated heterocycles. The van der Waals surface area contributed by atoms with E-state index < -0.39 is 5.60 Å². The van der Waals surface area contributed by atoms with E-state index in [4.69, 9.17) is 4.74 Å². The molecule has 0 bridgehead atoms. The standard InChI is InChI=1S/C17H24N2O3/c1-17(2,3)22-16(21)18-10-14-8-9-19(11-14)15-6-4-13(12-20)5-7-15/h4-7,12,14H,8-11H2,1-3H3,(H,18,21). The van der Waals surface area contributed by atoms with Gasteiger partial charge in [0.25, 0.3) is 0 Å². The van der Waals surface area contributed by atoms with Crippen molar-refractivity contribution in [2.45, 2.75) is 32.8 Å². The minimum absolute atomic E-state index is 0.360. The van der Waals surface area contributed by atoms with Gasteiger partial charge in [-0.3, -0.25) is 4.79 Å². The quantitative estimate of drug-likeness (QED) is 0.869. The third-order valence-corrected chi connectivity index (χ3v) is 3.61. The molecule has 5 heteroatoms. The topological polar surface area (TPSA) is 58.6 Å². The summed E-state index contributed by atoms with van der Waals surface area (Å²) in [7, 11) is 0. The van der Waals surface area contributed by atoms with Crippen molar-refractivity contribution < 1.29 is 14.3 Å². The molecule has 0 aromatic heterocycles. The molecule has 120 valence electrons. The first kappa shape index (κ1) is 16.3. The highest BCUT2D eigenvalue weighted by Crippen LogP contribution is 2.23. The van der Waals surface area contributed by atoms with Crippen LogP contribution in [0.1, 0.15) is 37.6 Å². The zero-order valence-electron chi connectivity index (χ0n) is 13.5. The predicted octanol–water partition coefficient (Wildman–Crippen LogP) is 2.85. The number of alkyl carbamates (subject to hydrolysis) is 1. The van der Waals surface area contributed by atoms with E-state index >= 15 is 0 Å². The van der Waals surface area contributed by atoms with Gasteiger partial charge in [0.2, 0.25) is 0 Å². The van der Waals surface area contributed by atoms with Crippen LogP contribution in [-0.2, 0) is 4.74 Å². The average molecular weight is 304 g/mol. The fraction of sp³-hybridized carbons (Fsp3) is 0.529. The highest BCUT2D eigenvalue weighted by Gasteiger charge is 2.24. The Labute approximate surface area is 131 Å². The molecule has 1 aromatic carbocycles. The van der Waals surface area contributed by atoms with E-state index in [9.17, 15) is 9.59 Å².